The van der Waals surface area contributed by atoms with Crippen molar-refractivity contribution in [1.82, 2.24) is 25.7 Å². The Hall–Kier alpha value is -3.97. The molecule has 3 N–H and O–H groups in total. The molecule has 0 spiro atoms. The highest BCUT2D eigenvalue weighted by molar-refractivity contribution is 5.97. The molecule has 0 atom stereocenters. The van der Waals surface area contributed by atoms with Gasteiger partial charge >= 0.3 is 0 Å². The van der Waals surface area contributed by atoms with Crippen LogP contribution in [0.25, 0.3) is 27.8 Å². The Labute approximate surface area is 211 Å². The van der Waals surface area contributed by atoms with Gasteiger partial charge in [-0.1, -0.05) is 30.3 Å². The van der Waals surface area contributed by atoms with Crippen molar-refractivity contribution in [3.63, 3.8) is 0 Å². The first kappa shape index (κ1) is 25.1. The van der Waals surface area contributed by atoms with Gasteiger partial charge in [-0.15, -0.1) is 0 Å². The normalized spacial score (nSPS) is 11.4. The second kappa shape index (κ2) is 10.7. The van der Waals surface area contributed by atoms with Gasteiger partial charge < -0.3 is 16.0 Å². The van der Waals surface area contributed by atoms with Gasteiger partial charge in [0, 0.05) is 41.2 Å². The van der Waals surface area contributed by atoms with Crippen LogP contribution in [0.2, 0.25) is 0 Å². The van der Waals surface area contributed by atoms with Crippen molar-refractivity contribution >= 4 is 22.7 Å². The summed E-state index contributed by atoms with van der Waals surface area (Å²) in [6, 6.07) is 22.9. The Bertz CT molecular complexity index is 1350. The Balaban J connectivity index is 1.52. The van der Waals surface area contributed by atoms with Gasteiger partial charge in [0.2, 0.25) is 0 Å². The van der Waals surface area contributed by atoms with Crippen molar-refractivity contribution in [2.45, 2.75) is 32.7 Å². The van der Waals surface area contributed by atoms with Crippen molar-refractivity contribution in [3.8, 4) is 16.9 Å². The summed E-state index contributed by atoms with van der Waals surface area (Å²) < 4.78 is 1.88. The van der Waals surface area contributed by atoms with Crippen LogP contribution >= 0.6 is 0 Å². The minimum Gasteiger partial charge on any atom is -0.355 e. The third-order valence-corrected chi connectivity index (χ3v) is 5.90. The van der Waals surface area contributed by atoms with Gasteiger partial charge in [0.25, 0.3) is 11.8 Å². The lowest BCUT2D eigenvalue weighted by Crippen LogP contribution is -2.37. The lowest BCUT2D eigenvalue weighted by Gasteiger charge is -2.20. The third-order valence-electron chi connectivity index (χ3n) is 5.90. The maximum absolute atomic E-state index is 12.6. The van der Waals surface area contributed by atoms with Crippen molar-refractivity contribution < 1.29 is 9.59 Å². The Morgan fingerprint density at radius 1 is 0.833 bits per heavy atom. The summed E-state index contributed by atoms with van der Waals surface area (Å²) in [5, 5.41) is 15.0. The average molecular weight is 484 g/mol. The van der Waals surface area contributed by atoms with Crippen molar-refractivity contribution in [3.05, 3.63) is 83.9 Å². The van der Waals surface area contributed by atoms with E-state index < -0.39 is 0 Å². The highest BCUT2D eigenvalue weighted by Gasteiger charge is 2.15. The van der Waals surface area contributed by atoms with Gasteiger partial charge in [-0.3, -0.25) is 9.59 Å². The van der Waals surface area contributed by atoms with E-state index >= 15 is 0 Å². The molecule has 0 radical (unpaired) electrons. The number of nitrogens with one attached hydrogen (secondary N) is 3. The van der Waals surface area contributed by atoms with Crippen molar-refractivity contribution in [2.75, 3.05) is 20.1 Å². The van der Waals surface area contributed by atoms with Gasteiger partial charge in [-0.05, 0) is 76.2 Å². The van der Waals surface area contributed by atoms with Crippen LogP contribution in [0, 0.1) is 0 Å². The minimum atomic E-state index is -0.127. The van der Waals surface area contributed by atoms with Gasteiger partial charge in [0.05, 0.1) is 11.2 Å². The van der Waals surface area contributed by atoms with Gasteiger partial charge in [-0.2, -0.15) is 5.10 Å². The van der Waals surface area contributed by atoms with E-state index in [-0.39, 0.29) is 17.4 Å². The zero-order chi connectivity index (χ0) is 25.7. The van der Waals surface area contributed by atoms with Crippen LogP contribution in [0.3, 0.4) is 0 Å². The second-order valence-electron chi connectivity index (χ2n) is 9.77. The summed E-state index contributed by atoms with van der Waals surface area (Å²) in [7, 11) is 1.62. The van der Waals surface area contributed by atoms with E-state index in [0.29, 0.717) is 17.7 Å². The van der Waals surface area contributed by atoms with Gasteiger partial charge in [0.1, 0.15) is 5.69 Å². The predicted molar refractivity (Wildman–Crippen MR) is 145 cm³/mol. The second-order valence-corrected chi connectivity index (χ2v) is 9.77. The molecular formula is C29H33N5O2. The summed E-state index contributed by atoms with van der Waals surface area (Å²) in [5.74, 6) is -0.206. The molecule has 7 nitrogen and oxygen atoms in total. The Morgan fingerprint density at radius 2 is 1.47 bits per heavy atom. The van der Waals surface area contributed by atoms with E-state index in [4.69, 9.17) is 5.10 Å². The molecular weight excluding hydrogens is 450 g/mol. The summed E-state index contributed by atoms with van der Waals surface area (Å²) in [4.78, 5) is 24.5. The number of hydrogen-bond acceptors (Lipinski definition) is 4. The van der Waals surface area contributed by atoms with Crippen LogP contribution in [0.4, 0.5) is 0 Å². The van der Waals surface area contributed by atoms with Crippen LogP contribution in [0.15, 0.2) is 72.8 Å². The zero-order valence-corrected chi connectivity index (χ0v) is 21.3. The average Bonchev–Trinajstić information content (AvgIpc) is 3.27. The molecule has 3 aromatic carbocycles. The SMILES string of the molecule is CNC(=O)c1ccc(-n2nc(-c3ccc(C(=O)NCCCNC(C)(C)C)cc3)c3ccccc32)cc1. The molecule has 0 saturated heterocycles. The minimum absolute atomic E-state index is 0.0754. The summed E-state index contributed by atoms with van der Waals surface area (Å²) in [6.45, 7) is 7.86. The monoisotopic (exact) mass is 483 g/mol. The predicted octanol–water partition coefficient (Wildman–Crippen LogP) is 4.56. The number of benzene rings is 3. The topological polar surface area (TPSA) is 88.0 Å². The number of amides is 2. The fraction of sp³-hybridized carbons (Fsp3) is 0.276. The molecule has 0 fully saturated rings. The molecule has 1 heterocycles. The van der Waals surface area contributed by atoms with Crippen molar-refractivity contribution in [1.29, 1.82) is 0 Å². The number of nitrogens with zero attached hydrogens (tertiary/aromatic N) is 2. The number of rotatable bonds is 8. The number of hydrogen-bond donors (Lipinski definition) is 3. The zero-order valence-electron chi connectivity index (χ0n) is 21.3. The highest BCUT2D eigenvalue weighted by atomic mass is 16.2. The summed E-state index contributed by atoms with van der Waals surface area (Å²) in [6.07, 6.45) is 0.870. The van der Waals surface area contributed by atoms with E-state index in [1.54, 1.807) is 19.2 Å². The van der Waals surface area contributed by atoms with E-state index in [0.717, 1.165) is 40.8 Å². The lowest BCUT2D eigenvalue weighted by atomic mass is 10.1. The van der Waals surface area contributed by atoms with Gasteiger partial charge in [-0.25, -0.2) is 4.68 Å². The molecule has 0 aliphatic rings. The van der Waals surface area contributed by atoms with E-state index in [1.807, 2.05) is 65.3 Å². The summed E-state index contributed by atoms with van der Waals surface area (Å²) >= 11 is 0. The molecule has 4 aromatic rings. The maximum Gasteiger partial charge on any atom is 0.251 e. The van der Waals surface area contributed by atoms with Crippen molar-refractivity contribution in [2.24, 2.45) is 0 Å². The van der Waals surface area contributed by atoms with E-state index in [2.05, 4.69) is 36.7 Å². The number of para-hydroxylation sites is 1. The van der Waals surface area contributed by atoms with Crippen LogP contribution in [0.1, 0.15) is 47.9 Å². The molecule has 0 bridgehead atoms. The molecule has 1 aromatic heterocycles. The molecule has 0 aliphatic carbocycles. The molecule has 0 unspecified atom stereocenters. The molecule has 2 amide bonds. The molecule has 0 saturated carbocycles. The fourth-order valence-corrected chi connectivity index (χ4v) is 4.01. The van der Waals surface area contributed by atoms with Gasteiger partial charge in [0.15, 0.2) is 0 Å². The fourth-order valence-electron chi connectivity index (χ4n) is 4.01. The Morgan fingerprint density at radius 3 is 2.14 bits per heavy atom. The maximum atomic E-state index is 12.6. The smallest absolute Gasteiger partial charge is 0.251 e. The van der Waals surface area contributed by atoms with Crippen LogP contribution < -0.4 is 16.0 Å². The van der Waals surface area contributed by atoms with Crippen LogP contribution in [0.5, 0.6) is 0 Å². The highest BCUT2D eigenvalue weighted by Crippen LogP contribution is 2.30. The third kappa shape index (κ3) is 5.80. The molecule has 4 rings (SSSR count). The number of aromatic nitrogens is 2. The molecule has 0 aliphatic heterocycles. The molecule has 36 heavy (non-hydrogen) atoms. The first-order valence-electron chi connectivity index (χ1n) is 12.2. The van der Waals surface area contributed by atoms with Crippen LogP contribution in [-0.4, -0.2) is 47.3 Å². The van der Waals surface area contributed by atoms with Crippen LogP contribution in [-0.2, 0) is 0 Å². The van der Waals surface area contributed by atoms with E-state index in [1.165, 1.54) is 0 Å². The number of fused-ring (bicyclic) bond motifs is 1. The Kier molecular flexibility index (Phi) is 7.50. The number of carbonyl (C=O) groups excluding carboxylic acids is 2. The number of carbonyl (C=O) groups is 2. The first-order valence-corrected chi connectivity index (χ1v) is 12.2. The molecule has 7 heteroatoms. The lowest BCUT2D eigenvalue weighted by molar-refractivity contribution is 0.0948. The first-order chi connectivity index (χ1) is 17.3. The largest absolute Gasteiger partial charge is 0.355 e. The molecule has 186 valence electrons. The summed E-state index contributed by atoms with van der Waals surface area (Å²) in [5.41, 5.74) is 4.88. The standard InChI is InChI=1S/C29H33N5O2/c1-29(2,3)32-19-7-18-31-28(36)22-12-10-20(11-13-22)26-24-8-5-6-9-25(24)34(33-26)23-16-14-21(15-17-23)27(35)30-4/h5-6,8-17,32H,7,18-19H2,1-4H3,(H,30,35)(H,31,36). The quantitative estimate of drug-likeness (QED) is 0.321. The van der Waals surface area contributed by atoms with E-state index in [9.17, 15) is 9.59 Å².